The lowest BCUT2D eigenvalue weighted by Gasteiger charge is -2.33. The molecule has 5 rings (SSSR count). The van der Waals surface area contributed by atoms with Gasteiger partial charge in [0, 0.05) is 49.5 Å². The Morgan fingerprint density at radius 1 is 1.12 bits per heavy atom. The van der Waals surface area contributed by atoms with Gasteiger partial charge in [-0.3, -0.25) is 14.5 Å². The van der Waals surface area contributed by atoms with E-state index in [2.05, 4.69) is 24.8 Å². The van der Waals surface area contributed by atoms with Crippen LogP contribution in [0, 0.1) is 5.82 Å². The van der Waals surface area contributed by atoms with E-state index < -0.39 is 23.5 Å². The van der Waals surface area contributed by atoms with Crippen LogP contribution in [0.2, 0.25) is 0 Å². The average Bonchev–Trinajstić information content (AvgIpc) is 3.66. The third-order valence-electron chi connectivity index (χ3n) is 6.89. The smallest absolute Gasteiger partial charge is 0.329 e. The van der Waals surface area contributed by atoms with Gasteiger partial charge in [-0.1, -0.05) is 30.3 Å². The Morgan fingerprint density at radius 3 is 2.58 bits per heavy atom. The normalized spacial score (nSPS) is 19.4. The number of methoxy groups -OCH3 is 1. The molecule has 2 atom stereocenters. The van der Waals surface area contributed by atoms with Gasteiger partial charge in [-0.05, 0) is 24.6 Å². The van der Waals surface area contributed by atoms with E-state index in [9.17, 15) is 18.8 Å². The van der Waals surface area contributed by atoms with E-state index in [4.69, 9.17) is 4.74 Å². The minimum Gasteiger partial charge on any atom is -0.468 e. The zero-order chi connectivity index (χ0) is 28.2. The molecule has 2 aliphatic heterocycles. The second kappa shape index (κ2) is 11.8. The van der Waals surface area contributed by atoms with Crippen LogP contribution in [0.5, 0.6) is 0 Å². The summed E-state index contributed by atoms with van der Waals surface area (Å²) in [5.74, 6) is -2.66. The van der Waals surface area contributed by atoms with Crippen molar-refractivity contribution >= 4 is 41.0 Å². The molecule has 2 unspecified atom stereocenters. The second-order valence-electron chi connectivity index (χ2n) is 9.33. The SMILES string of the molecule is C/C=N\N(CC(=O)OC)/N=C/c1ccc(F)c2c(C(=O)C(=O)N3CCN(C4OC4c4ccccc4)CC3)c[nH]c12. The predicted octanol–water partition coefficient (Wildman–Crippen LogP) is 2.55. The van der Waals surface area contributed by atoms with E-state index in [1.807, 2.05) is 30.3 Å². The summed E-state index contributed by atoms with van der Waals surface area (Å²) in [6.07, 6.45) is 4.15. The first kappa shape index (κ1) is 27.2. The monoisotopic (exact) mass is 548 g/mol. The fraction of sp³-hybridized carbons (Fsp3) is 0.321. The Labute approximate surface area is 229 Å². The van der Waals surface area contributed by atoms with Gasteiger partial charge in [0.15, 0.2) is 6.54 Å². The van der Waals surface area contributed by atoms with Crippen LogP contribution < -0.4 is 0 Å². The molecule has 40 heavy (non-hydrogen) atoms. The summed E-state index contributed by atoms with van der Waals surface area (Å²) >= 11 is 0. The quantitative estimate of drug-likeness (QED) is 0.109. The molecule has 208 valence electrons. The number of carbonyl (C=O) groups excluding carboxylic acids is 3. The van der Waals surface area contributed by atoms with Crippen LogP contribution in [0.1, 0.15) is 34.5 Å². The van der Waals surface area contributed by atoms with Gasteiger partial charge in [0.25, 0.3) is 11.7 Å². The lowest BCUT2D eigenvalue weighted by molar-refractivity contribution is -0.141. The third kappa shape index (κ3) is 5.63. The summed E-state index contributed by atoms with van der Waals surface area (Å²) in [5, 5.41) is 9.26. The molecule has 12 heteroatoms. The average molecular weight is 549 g/mol. The second-order valence-corrected chi connectivity index (χ2v) is 9.33. The van der Waals surface area contributed by atoms with Crippen molar-refractivity contribution in [3.63, 3.8) is 0 Å². The molecule has 3 heterocycles. The van der Waals surface area contributed by atoms with E-state index in [1.54, 1.807) is 6.92 Å². The number of rotatable bonds is 9. The third-order valence-corrected chi connectivity index (χ3v) is 6.89. The molecule has 11 nitrogen and oxygen atoms in total. The van der Waals surface area contributed by atoms with E-state index >= 15 is 0 Å². The molecule has 2 saturated heterocycles. The molecular weight excluding hydrogens is 519 g/mol. The fourth-order valence-electron chi connectivity index (χ4n) is 4.78. The summed E-state index contributed by atoms with van der Waals surface area (Å²) in [4.78, 5) is 44.5. The number of Topliss-reactive ketones (excluding diaryl/α,β-unsaturated/α-hetero) is 1. The van der Waals surface area contributed by atoms with Gasteiger partial charge in [-0.15, -0.1) is 0 Å². The number of halogens is 1. The number of aromatic nitrogens is 1. The standard InChI is InChI=1S/C28H29FN6O5/c1-3-31-35(17-22(36)39-2)32-15-19-9-10-21(29)23-20(16-30-24(19)23)25(37)27(38)33-11-13-34(14-12-33)28-26(40-28)18-7-5-4-6-8-18/h3-10,15-16,26,28,30H,11-14,17H2,1-2H3/b31-3-,32-15+. The number of hydrazone groups is 2. The van der Waals surface area contributed by atoms with Gasteiger partial charge in [0.05, 0.1) is 24.4 Å². The molecule has 0 radical (unpaired) electrons. The maximum Gasteiger partial charge on any atom is 0.329 e. The topological polar surface area (TPSA) is 123 Å². The molecule has 0 bridgehead atoms. The Bertz CT molecular complexity index is 1460. The van der Waals surface area contributed by atoms with Gasteiger partial charge in [-0.2, -0.15) is 15.3 Å². The molecule has 0 spiro atoms. The number of hydrogen-bond donors (Lipinski definition) is 1. The Morgan fingerprint density at radius 2 is 1.88 bits per heavy atom. The molecule has 1 aromatic heterocycles. The largest absolute Gasteiger partial charge is 0.468 e. The number of piperazine rings is 1. The number of H-pyrrole nitrogens is 1. The van der Waals surface area contributed by atoms with Crippen LogP contribution in [0.15, 0.2) is 58.9 Å². The highest BCUT2D eigenvalue weighted by atomic mass is 19.1. The van der Waals surface area contributed by atoms with Crippen molar-refractivity contribution in [2.45, 2.75) is 19.3 Å². The highest BCUT2D eigenvalue weighted by Gasteiger charge is 2.45. The molecule has 0 aliphatic carbocycles. The van der Waals surface area contributed by atoms with Crippen molar-refractivity contribution in [3.05, 3.63) is 71.2 Å². The van der Waals surface area contributed by atoms with E-state index in [-0.39, 0.29) is 29.8 Å². The zero-order valence-corrected chi connectivity index (χ0v) is 22.1. The molecule has 1 N–H and O–H groups in total. The number of benzene rings is 2. The summed E-state index contributed by atoms with van der Waals surface area (Å²) in [6, 6.07) is 12.6. The maximum atomic E-state index is 14.9. The van der Waals surface area contributed by atoms with Crippen LogP contribution >= 0.6 is 0 Å². The highest BCUT2D eigenvalue weighted by Crippen LogP contribution is 2.41. The van der Waals surface area contributed by atoms with Crippen molar-refractivity contribution in [2.75, 3.05) is 39.8 Å². The highest BCUT2D eigenvalue weighted by molar-refractivity contribution is 6.45. The number of nitrogens with one attached hydrogen (secondary N) is 1. The van der Waals surface area contributed by atoms with Crippen LogP contribution in [0.25, 0.3) is 10.9 Å². The molecule has 0 saturated carbocycles. The molecular formula is C28H29FN6O5. The zero-order valence-electron chi connectivity index (χ0n) is 22.1. The first-order chi connectivity index (χ1) is 19.4. The number of esters is 1. The minimum atomic E-state index is -0.791. The van der Waals surface area contributed by atoms with Gasteiger partial charge >= 0.3 is 5.97 Å². The van der Waals surface area contributed by atoms with E-state index in [1.165, 1.54) is 42.8 Å². The Balaban J connectivity index is 1.26. The van der Waals surface area contributed by atoms with Crippen LogP contribution in [-0.2, 0) is 19.1 Å². The molecule has 3 aromatic rings. The lowest BCUT2D eigenvalue weighted by atomic mass is 10.0. The van der Waals surface area contributed by atoms with E-state index in [0.29, 0.717) is 37.3 Å². The van der Waals surface area contributed by atoms with Crippen LogP contribution in [0.3, 0.4) is 0 Å². The van der Waals surface area contributed by atoms with Crippen molar-refractivity contribution in [2.24, 2.45) is 10.2 Å². The minimum absolute atomic E-state index is 0.00321. The summed E-state index contributed by atoms with van der Waals surface area (Å²) < 4.78 is 25.4. The summed E-state index contributed by atoms with van der Waals surface area (Å²) in [6.45, 7) is 3.30. The van der Waals surface area contributed by atoms with Crippen LogP contribution in [-0.4, -0.2) is 96.1 Å². The maximum absolute atomic E-state index is 14.9. The first-order valence-corrected chi connectivity index (χ1v) is 12.9. The fourth-order valence-corrected chi connectivity index (χ4v) is 4.78. The van der Waals surface area contributed by atoms with Gasteiger partial charge < -0.3 is 19.4 Å². The number of ketones is 1. The molecule has 2 fully saturated rings. The number of fused-ring (bicyclic) bond motifs is 1. The van der Waals surface area contributed by atoms with Gasteiger partial charge in [0.1, 0.15) is 18.1 Å². The Hall–Kier alpha value is -4.42. The van der Waals surface area contributed by atoms with Crippen molar-refractivity contribution < 1.29 is 28.2 Å². The number of amides is 1. The summed E-state index contributed by atoms with van der Waals surface area (Å²) in [5.41, 5.74) is 1.79. The number of nitrogens with zero attached hydrogens (tertiary/aromatic N) is 5. The number of carbonyl (C=O) groups is 3. The Kier molecular flexibility index (Phi) is 7.99. The lowest BCUT2D eigenvalue weighted by Crippen LogP contribution is -2.51. The first-order valence-electron chi connectivity index (χ1n) is 12.9. The number of hydrogen-bond acceptors (Lipinski definition) is 9. The van der Waals surface area contributed by atoms with E-state index in [0.717, 1.165) is 10.7 Å². The number of ether oxygens (including phenoxy) is 2. The van der Waals surface area contributed by atoms with Gasteiger partial charge in [0.2, 0.25) is 0 Å². The van der Waals surface area contributed by atoms with Crippen molar-refractivity contribution in [1.29, 1.82) is 0 Å². The summed E-state index contributed by atoms with van der Waals surface area (Å²) in [7, 11) is 1.25. The van der Waals surface area contributed by atoms with Crippen molar-refractivity contribution in [1.82, 2.24) is 19.9 Å². The number of epoxide rings is 1. The predicted molar refractivity (Wildman–Crippen MR) is 145 cm³/mol. The van der Waals surface area contributed by atoms with Gasteiger partial charge in [-0.25, -0.2) is 9.18 Å². The van der Waals surface area contributed by atoms with Crippen LogP contribution in [0.4, 0.5) is 4.39 Å². The molecule has 2 aliphatic rings. The molecule has 1 amide bonds. The molecule has 2 aromatic carbocycles. The van der Waals surface area contributed by atoms with Crippen molar-refractivity contribution in [3.8, 4) is 0 Å². The number of aromatic amines is 1.